The summed E-state index contributed by atoms with van der Waals surface area (Å²) in [6.07, 6.45) is -1.26. The largest absolute Gasteiger partial charge is 0.355 e. The fourth-order valence-corrected chi connectivity index (χ4v) is 1.13. The van der Waals surface area contributed by atoms with Gasteiger partial charge < -0.3 is 9.84 Å². The molecule has 7 heteroatoms. The van der Waals surface area contributed by atoms with Crippen molar-refractivity contribution in [1.29, 1.82) is 0 Å². The van der Waals surface area contributed by atoms with E-state index in [0.717, 1.165) is 6.07 Å². The average Bonchev–Trinajstić information content (AvgIpc) is 2.26. The molecule has 0 spiro atoms. The summed E-state index contributed by atoms with van der Waals surface area (Å²) < 4.78 is 43.2. The van der Waals surface area contributed by atoms with E-state index in [1.165, 1.54) is 0 Å². The van der Waals surface area contributed by atoms with E-state index >= 15 is 0 Å². The molecule has 0 amide bonds. The lowest BCUT2D eigenvalue weighted by Crippen LogP contribution is -2.42. The van der Waals surface area contributed by atoms with Gasteiger partial charge in [0.1, 0.15) is 5.82 Å². The van der Waals surface area contributed by atoms with E-state index in [1.54, 1.807) is 6.92 Å². The Labute approximate surface area is 96.4 Å². The van der Waals surface area contributed by atoms with Gasteiger partial charge in [-0.25, -0.2) is 24.0 Å². The molecule has 0 bridgehead atoms. The van der Waals surface area contributed by atoms with Crippen LogP contribution in [0.3, 0.4) is 0 Å². The number of hydrogen-bond acceptors (Lipinski definition) is 4. The van der Waals surface area contributed by atoms with Crippen molar-refractivity contribution < 1.29 is 23.0 Å². The average molecular weight is 250 g/mol. The third-order valence-corrected chi connectivity index (χ3v) is 1.92. The Balaban J connectivity index is 2.49. The molecule has 0 aromatic heterocycles. The minimum absolute atomic E-state index is 0.0694. The molecule has 0 saturated heterocycles. The van der Waals surface area contributed by atoms with Crippen molar-refractivity contribution in [2.24, 2.45) is 0 Å². The summed E-state index contributed by atoms with van der Waals surface area (Å²) in [4.78, 5) is 0. The molecule has 0 aliphatic carbocycles. The summed E-state index contributed by atoms with van der Waals surface area (Å²) in [5.41, 5.74) is 4.64. The Hall–Kier alpha value is -1.15. The highest BCUT2D eigenvalue weighted by Gasteiger charge is 2.09. The van der Waals surface area contributed by atoms with Crippen LogP contribution >= 0.6 is 0 Å². The molecule has 0 fully saturated rings. The number of benzene rings is 1. The number of hydrazine groups is 1. The van der Waals surface area contributed by atoms with E-state index in [0.29, 0.717) is 6.07 Å². The first kappa shape index (κ1) is 13.9. The zero-order valence-electron chi connectivity index (χ0n) is 9.14. The molecule has 96 valence electrons. The van der Waals surface area contributed by atoms with Gasteiger partial charge in [-0.2, -0.15) is 0 Å². The first-order chi connectivity index (χ1) is 8.04. The number of hydrogen-bond donors (Lipinski definition) is 3. The predicted octanol–water partition coefficient (Wildman–Crippen LogP) is 1.01. The van der Waals surface area contributed by atoms with Crippen LogP contribution in [-0.4, -0.2) is 18.1 Å². The zero-order chi connectivity index (χ0) is 12.8. The smallest absolute Gasteiger partial charge is 0.226 e. The number of aliphatic hydroxyl groups excluding tert-OH is 1. The van der Waals surface area contributed by atoms with Crippen molar-refractivity contribution in [1.82, 2.24) is 10.9 Å². The standard InChI is InChI=1S/C10H13F3N2O2/c1-2-17-10(16)15-14-5-6-3-8(12)9(13)4-7(6)11/h3-4,10,14-16H,2,5H2,1H3. The molecule has 1 unspecified atom stereocenters. The molecule has 0 saturated carbocycles. The zero-order valence-corrected chi connectivity index (χ0v) is 9.14. The highest BCUT2D eigenvalue weighted by molar-refractivity contribution is 5.19. The van der Waals surface area contributed by atoms with Crippen LogP contribution in [0.1, 0.15) is 12.5 Å². The third kappa shape index (κ3) is 4.31. The molecule has 4 nitrogen and oxygen atoms in total. The quantitative estimate of drug-likeness (QED) is 0.401. The highest BCUT2D eigenvalue weighted by Crippen LogP contribution is 2.13. The predicted molar refractivity (Wildman–Crippen MR) is 53.9 cm³/mol. The molecule has 0 heterocycles. The Kier molecular flexibility index (Phi) is 5.36. The fraction of sp³-hybridized carbons (Fsp3) is 0.400. The maximum atomic E-state index is 13.1. The van der Waals surface area contributed by atoms with Gasteiger partial charge in [-0.1, -0.05) is 0 Å². The minimum Gasteiger partial charge on any atom is -0.355 e. The third-order valence-electron chi connectivity index (χ3n) is 1.92. The van der Waals surface area contributed by atoms with Gasteiger partial charge in [0.25, 0.3) is 0 Å². The summed E-state index contributed by atoms with van der Waals surface area (Å²) in [6, 6.07) is 1.21. The number of rotatable bonds is 6. The number of ether oxygens (including phenoxy) is 1. The second-order valence-electron chi connectivity index (χ2n) is 3.16. The van der Waals surface area contributed by atoms with Crippen molar-refractivity contribution in [2.75, 3.05) is 6.61 Å². The Bertz CT molecular complexity index is 377. The van der Waals surface area contributed by atoms with Gasteiger partial charge in [0.15, 0.2) is 11.6 Å². The van der Waals surface area contributed by atoms with E-state index in [2.05, 4.69) is 10.9 Å². The second kappa shape index (κ2) is 6.55. The van der Waals surface area contributed by atoms with E-state index in [4.69, 9.17) is 9.84 Å². The fourth-order valence-electron chi connectivity index (χ4n) is 1.13. The molecule has 0 aliphatic heterocycles. The van der Waals surface area contributed by atoms with Crippen LogP contribution in [0.25, 0.3) is 0 Å². The van der Waals surface area contributed by atoms with Crippen LogP contribution in [0.4, 0.5) is 13.2 Å². The summed E-state index contributed by atoms with van der Waals surface area (Å²) in [5, 5.41) is 9.07. The molecule has 1 rings (SSSR count). The first-order valence-electron chi connectivity index (χ1n) is 4.96. The number of nitrogens with one attached hydrogen (secondary N) is 2. The van der Waals surface area contributed by atoms with Crippen LogP contribution in [0.15, 0.2) is 12.1 Å². The van der Waals surface area contributed by atoms with E-state index in [-0.39, 0.29) is 18.7 Å². The van der Waals surface area contributed by atoms with Crippen molar-refractivity contribution in [3.8, 4) is 0 Å². The second-order valence-corrected chi connectivity index (χ2v) is 3.16. The van der Waals surface area contributed by atoms with Gasteiger partial charge in [0, 0.05) is 24.8 Å². The highest BCUT2D eigenvalue weighted by atomic mass is 19.2. The molecule has 1 aromatic carbocycles. The van der Waals surface area contributed by atoms with Crippen molar-refractivity contribution in [2.45, 2.75) is 19.9 Å². The molecule has 1 aromatic rings. The molecule has 0 aliphatic rings. The Morgan fingerprint density at radius 2 is 1.88 bits per heavy atom. The number of halogens is 3. The van der Waals surface area contributed by atoms with Gasteiger partial charge >= 0.3 is 0 Å². The van der Waals surface area contributed by atoms with E-state index < -0.39 is 23.9 Å². The van der Waals surface area contributed by atoms with Crippen LogP contribution in [0, 0.1) is 17.5 Å². The Morgan fingerprint density at radius 3 is 2.53 bits per heavy atom. The van der Waals surface area contributed by atoms with E-state index in [1.807, 2.05) is 0 Å². The molecule has 1 atom stereocenters. The van der Waals surface area contributed by atoms with Gasteiger partial charge in [0.2, 0.25) is 6.41 Å². The van der Waals surface area contributed by atoms with Gasteiger partial charge in [-0.05, 0) is 13.0 Å². The lowest BCUT2D eigenvalue weighted by Gasteiger charge is -2.13. The SMILES string of the molecule is CCOC(O)NNCc1cc(F)c(F)cc1F. The Morgan fingerprint density at radius 1 is 1.24 bits per heavy atom. The number of aliphatic hydroxyl groups is 1. The topological polar surface area (TPSA) is 53.5 Å². The van der Waals surface area contributed by atoms with Gasteiger partial charge in [0.05, 0.1) is 0 Å². The normalized spacial score (nSPS) is 12.8. The lowest BCUT2D eigenvalue weighted by molar-refractivity contribution is -0.124. The van der Waals surface area contributed by atoms with Crippen LogP contribution in [0.5, 0.6) is 0 Å². The first-order valence-corrected chi connectivity index (χ1v) is 4.96. The van der Waals surface area contributed by atoms with Crippen molar-refractivity contribution in [3.05, 3.63) is 35.1 Å². The molecule has 17 heavy (non-hydrogen) atoms. The van der Waals surface area contributed by atoms with Gasteiger partial charge in [-0.15, -0.1) is 0 Å². The summed E-state index contributed by atoms with van der Waals surface area (Å²) in [6.45, 7) is 1.84. The van der Waals surface area contributed by atoms with Crippen LogP contribution in [-0.2, 0) is 11.3 Å². The van der Waals surface area contributed by atoms with Crippen LogP contribution in [0.2, 0.25) is 0 Å². The molecular formula is C10H13F3N2O2. The van der Waals surface area contributed by atoms with Crippen molar-refractivity contribution in [3.63, 3.8) is 0 Å². The maximum Gasteiger partial charge on any atom is 0.226 e. The molecule has 0 radical (unpaired) electrons. The van der Waals surface area contributed by atoms with Crippen LogP contribution < -0.4 is 10.9 Å². The molecular weight excluding hydrogens is 237 g/mol. The monoisotopic (exact) mass is 250 g/mol. The van der Waals surface area contributed by atoms with Crippen molar-refractivity contribution >= 4 is 0 Å². The maximum absolute atomic E-state index is 13.1. The molecule has 3 N–H and O–H groups in total. The minimum atomic E-state index is -1.26. The summed E-state index contributed by atoms with van der Waals surface area (Å²) in [7, 11) is 0. The lowest BCUT2D eigenvalue weighted by atomic mass is 10.2. The summed E-state index contributed by atoms with van der Waals surface area (Å²) in [5.74, 6) is -3.24. The summed E-state index contributed by atoms with van der Waals surface area (Å²) >= 11 is 0. The van der Waals surface area contributed by atoms with Gasteiger partial charge in [-0.3, -0.25) is 0 Å². The van der Waals surface area contributed by atoms with E-state index in [9.17, 15) is 13.2 Å².